The molecule has 0 spiro atoms. The predicted octanol–water partition coefficient (Wildman–Crippen LogP) is 2.47. The normalized spacial score (nSPS) is 13.5. The second-order valence-electron chi connectivity index (χ2n) is 6.60. The minimum absolute atomic E-state index is 0.209. The smallest absolute Gasteiger partial charge is 0.376 e. The Morgan fingerprint density at radius 3 is 2.34 bits per heavy atom. The summed E-state index contributed by atoms with van der Waals surface area (Å²) in [7, 11) is 0. The lowest BCUT2D eigenvalue weighted by molar-refractivity contribution is -0.267. The summed E-state index contributed by atoms with van der Waals surface area (Å²) in [6, 6.07) is 5.56. The van der Waals surface area contributed by atoms with Crippen molar-refractivity contribution in [2.75, 3.05) is 11.9 Å². The highest BCUT2D eigenvalue weighted by Gasteiger charge is 2.58. The lowest BCUT2D eigenvalue weighted by Gasteiger charge is -2.27. The molecule has 4 N–H and O–H groups in total. The first-order valence-electron chi connectivity index (χ1n) is 8.53. The Morgan fingerprint density at radius 1 is 1.14 bits per heavy atom. The van der Waals surface area contributed by atoms with Gasteiger partial charge in [-0.15, -0.1) is 11.3 Å². The molecule has 0 radical (unpaired) electrons. The van der Waals surface area contributed by atoms with Gasteiger partial charge in [-0.3, -0.25) is 20.4 Å². The van der Waals surface area contributed by atoms with Crippen LogP contribution in [-0.4, -0.2) is 34.6 Å². The van der Waals surface area contributed by atoms with Crippen molar-refractivity contribution in [2.24, 2.45) is 0 Å². The van der Waals surface area contributed by atoms with Gasteiger partial charge in [-0.2, -0.15) is 13.2 Å². The number of benzene rings is 1. The van der Waals surface area contributed by atoms with Crippen LogP contribution in [0, 0.1) is 20.8 Å². The summed E-state index contributed by atoms with van der Waals surface area (Å²) in [6.45, 7) is 5.04. The van der Waals surface area contributed by atoms with Gasteiger partial charge in [0.15, 0.2) is 0 Å². The number of nitrogens with one attached hydrogen (secondary N) is 3. The summed E-state index contributed by atoms with van der Waals surface area (Å²) < 4.78 is 40.1. The number of aromatic nitrogens is 1. The molecule has 1 atom stereocenters. The fourth-order valence-corrected chi connectivity index (χ4v) is 3.40. The molecule has 0 fully saturated rings. The third-order valence-electron chi connectivity index (χ3n) is 4.02. The lowest BCUT2D eigenvalue weighted by atomic mass is 9.99. The first-order chi connectivity index (χ1) is 13.4. The number of carbonyl (C=O) groups is 2. The average molecular weight is 430 g/mol. The number of alkyl halides is 3. The highest BCUT2D eigenvalue weighted by molar-refractivity contribution is 7.09. The number of rotatable bonds is 6. The Labute approximate surface area is 169 Å². The first-order valence-corrected chi connectivity index (χ1v) is 9.41. The molecule has 0 aliphatic heterocycles. The predicted molar refractivity (Wildman–Crippen MR) is 102 cm³/mol. The highest BCUT2D eigenvalue weighted by Crippen LogP contribution is 2.42. The molecule has 0 saturated heterocycles. The molecule has 1 aromatic carbocycles. The van der Waals surface area contributed by atoms with Crippen LogP contribution >= 0.6 is 11.3 Å². The molecular weight excluding hydrogens is 409 g/mol. The fourth-order valence-electron chi connectivity index (χ4n) is 2.49. The van der Waals surface area contributed by atoms with Crippen LogP contribution < -0.4 is 16.2 Å². The van der Waals surface area contributed by atoms with Gasteiger partial charge in [0.1, 0.15) is 5.01 Å². The zero-order valence-corrected chi connectivity index (χ0v) is 16.8. The number of aryl methyl sites for hydroxylation is 3. The summed E-state index contributed by atoms with van der Waals surface area (Å²) in [6.07, 6.45) is -6.46. The van der Waals surface area contributed by atoms with E-state index in [4.69, 9.17) is 0 Å². The van der Waals surface area contributed by atoms with E-state index in [-0.39, 0.29) is 6.54 Å². The Morgan fingerprint density at radius 2 is 1.79 bits per heavy atom. The highest BCUT2D eigenvalue weighted by atomic mass is 32.1. The maximum absolute atomic E-state index is 13.4. The molecule has 29 heavy (non-hydrogen) atoms. The van der Waals surface area contributed by atoms with E-state index in [1.165, 1.54) is 12.3 Å². The minimum atomic E-state index is -5.12. The largest absolute Gasteiger partial charge is 0.424 e. The molecule has 7 nitrogen and oxygen atoms in total. The Hall–Kier alpha value is -2.66. The van der Waals surface area contributed by atoms with Gasteiger partial charge in [0, 0.05) is 16.8 Å². The van der Waals surface area contributed by atoms with Crippen LogP contribution in [0.15, 0.2) is 23.6 Å². The van der Waals surface area contributed by atoms with E-state index in [9.17, 15) is 27.9 Å². The molecule has 0 aliphatic rings. The van der Waals surface area contributed by atoms with Crippen LogP contribution in [0.25, 0.3) is 0 Å². The number of hydrogen-bond acceptors (Lipinski definition) is 6. The van der Waals surface area contributed by atoms with Gasteiger partial charge in [0.25, 0.3) is 5.91 Å². The van der Waals surface area contributed by atoms with E-state index in [0.29, 0.717) is 22.7 Å². The van der Waals surface area contributed by atoms with Gasteiger partial charge in [0.05, 0.1) is 13.0 Å². The molecule has 2 rings (SSSR count). The summed E-state index contributed by atoms with van der Waals surface area (Å²) >= 11 is 0.599. The van der Waals surface area contributed by atoms with Crippen molar-refractivity contribution in [1.82, 2.24) is 15.8 Å². The molecule has 1 aromatic heterocycles. The van der Waals surface area contributed by atoms with Crippen LogP contribution in [0.4, 0.5) is 18.9 Å². The molecule has 2 amide bonds. The molecule has 158 valence electrons. The number of nitrogens with zero attached hydrogens (tertiary/aromatic N) is 1. The van der Waals surface area contributed by atoms with Crippen molar-refractivity contribution in [3.05, 3.63) is 45.4 Å². The molecule has 0 bridgehead atoms. The van der Waals surface area contributed by atoms with Crippen LogP contribution in [0.1, 0.15) is 28.2 Å². The third kappa shape index (κ3) is 5.67. The van der Waals surface area contributed by atoms with Crippen molar-refractivity contribution in [3.63, 3.8) is 0 Å². The van der Waals surface area contributed by atoms with E-state index < -0.39 is 35.0 Å². The molecule has 0 aliphatic carbocycles. The van der Waals surface area contributed by atoms with Crippen molar-refractivity contribution < 1.29 is 27.9 Å². The molecular formula is C18H21F3N4O3S. The Balaban J connectivity index is 1.92. The van der Waals surface area contributed by atoms with Crippen LogP contribution in [0.3, 0.4) is 0 Å². The third-order valence-corrected chi connectivity index (χ3v) is 5.13. The minimum Gasteiger partial charge on any atom is -0.376 e. The quantitative estimate of drug-likeness (QED) is 0.527. The number of hydrogen-bond donors (Lipinski definition) is 4. The van der Waals surface area contributed by atoms with E-state index in [1.54, 1.807) is 6.07 Å². The van der Waals surface area contributed by atoms with Gasteiger partial charge in [-0.05, 0) is 32.4 Å². The molecule has 2 aromatic rings. The number of anilines is 1. The number of aliphatic hydroxyl groups is 1. The van der Waals surface area contributed by atoms with Crippen molar-refractivity contribution in [1.29, 1.82) is 0 Å². The maximum Gasteiger partial charge on any atom is 0.424 e. The molecule has 0 saturated carbocycles. The number of hydrazine groups is 1. The second kappa shape index (κ2) is 8.78. The zero-order chi connectivity index (χ0) is 21.8. The number of thiazole rings is 1. The van der Waals surface area contributed by atoms with E-state index in [2.05, 4.69) is 10.3 Å². The molecule has 1 unspecified atom stereocenters. The molecule has 1 heterocycles. The van der Waals surface area contributed by atoms with Crippen LogP contribution in [0.5, 0.6) is 0 Å². The van der Waals surface area contributed by atoms with E-state index in [0.717, 1.165) is 11.1 Å². The fraction of sp³-hybridized carbons (Fsp3) is 0.389. The average Bonchev–Trinajstić information content (AvgIpc) is 3.05. The second-order valence-corrected chi connectivity index (χ2v) is 7.46. The summed E-state index contributed by atoms with van der Waals surface area (Å²) in [5.41, 5.74) is 3.42. The number of amides is 2. The van der Waals surface area contributed by atoms with Gasteiger partial charge in [-0.25, -0.2) is 4.98 Å². The monoisotopic (exact) mass is 430 g/mol. The maximum atomic E-state index is 13.4. The van der Waals surface area contributed by atoms with Crippen molar-refractivity contribution in [2.45, 2.75) is 39.0 Å². The number of halogens is 3. The Bertz CT molecular complexity index is 901. The van der Waals surface area contributed by atoms with Crippen LogP contribution in [-0.2, 0) is 15.2 Å². The summed E-state index contributed by atoms with van der Waals surface area (Å²) in [4.78, 5) is 27.4. The van der Waals surface area contributed by atoms with E-state index >= 15 is 0 Å². The lowest BCUT2D eigenvalue weighted by Crippen LogP contribution is -2.50. The first kappa shape index (κ1) is 22.6. The topological polar surface area (TPSA) is 103 Å². The Kier molecular flexibility index (Phi) is 6.85. The van der Waals surface area contributed by atoms with Gasteiger partial charge < -0.3 is 10.4 Å². The van der Waals surface area contributed by atoms with Gasteiger partial charge >= 0.3 is 6.18 Å². The van der Waals surface area contributed by atoms with E-state index in [1.807, 2.05) is 36.8 Å². The number of carbonyl (C=O) groups excluding carboxylic acids is 2. The zero-order valence-electron chi connectivity index (χ0n) is 16.0. The van der Waals surface area contributed by atoms with Crippen molar-refractivity contribution >= 4 is 28.8 Å². The SMILES string of the molecule is Cc1ccc(NCC(=O)NNC(=O)CC(O)(c2nc(C)cs2)C(F)(F)F)c(C)c1. The molecule has 11 heteroatoms. The van der Waals surface area contributed by atoms with Crippen LogP contribution in [0.2, 0.25) is 0 Å². The van der Waals surface area contributed by atoms with Crippen molar-refractivity contribution in [3.8, 4) is 0 Å². The standard InChI is InChI=1S/C18H21F3N4O3S/c1-10-4-5-13(11(2)6-10)22-8-15(27)25-24-14(26)7-17(28,18(19,20)21)16-23-12(3)9-29-16/h4-6,9,22,28H,7-8H2,1-3H3,(H,24,26)(H,25,27). The van der Waals surface area contributed by atoms with Gasteiger partial charge in [0.2, 0.25) is 11.5 Å². The summed E-state index contributed by atoms with van der Waals surface area (Å²) in [5, 5.41) is 13.7. The van der Waals surface area contributed by atoms with Gasteiger partial charge in [-0.1, -0.05) is 17.7 Å². The summed E-state index contributed by atoms with van der Waals surface area (Å²) in [5.74, 6) is -1.88.